The molecular formula is C16H27N3O2. The topological polar surface area (TPSA) is 61.4 Å². The summed E-state index contributed by atoms with van der Waals surface area (Å²) in [5, 5.41) is 6.56. The highest BCUT2D eigenvalue weighted by molar-refractivity contribution is 5.89. The summed E-state index contributed by atoms with van der Waals surface area (Å²) in [6, 6.07) is 1.13. The predicted octanol–water partition coefficient (Wildman–Crippen LogP) is 1.03. The number of hydrogen-bond donors (Lipinski definition) is 2. The Morgan fingerprint density at radius 1 is 1.29 bits per heavy atom. The molecule has 3 fully saturated rings. The van der Waals surface area contributed by atoms with Gasteiger partial charge in [-0.2, -0.15) is 0 Å². The van der Waals surface area contributed by atoms with Gasteiger partial charge in [-0.3, -0.25) is 9.59 Å². The molecule has 0 spiro atoms. The van der Waals surface area contributed by atoms with Gasteiger partial charge in [0.15, 0.2) is 0 Å². The van der Waals surface area contributed by atoms with E-state index in [1.165, 1.54) is 12.8 Å². The number of amides is 2. The summed E-state index contributed by atoms with van der Waals surface area (Å²) in [5.74, 6) is 0.131. The van der Waals surface area contributed by atoms with Crippen LogP contribution in [0, 0.1) is 5.92 Å². The van der Waals surface area contributed by atoms with E-state index in [2.05, 4.69) is 17.6 Å². The molecule has 0 aromatic carbocycles. The molecule has 5 nitrogen and oxygen atoms in total. The summed E-state index contributed by atoms with van der Waals surface area (Å²) in [6.07, 6.45) is 7.05. The molecule has 21 heavy (non-hydrogen) atoms. The Labute approximate surface area is 126 Å². The van der Waals surface area contributed by atoms with Gasteiger partial charge in [0.2, 0.25) is 11.8 Å². The van der Waals surface area contributed by atoms with Crippen LogP contribution in [-0.2, 0) is 9.59 Å². The maximum atomic E-state index is 12.4. The minimum Gasteiger partial charge on any atom is -0.353 e. The second-order valence-corrected chi connectivity index (χ2v) is 6.97. The Hall–Kier alpha value is -1.10. The third-order valence-electron chi connectivity index (χ3n) is 5.26. The third-order valence-corrected chi connectivity index (χ3v) is 5.26. The van der Waals surface area contributed by atoms with Crippen LogP contribution in [0.15, 0.2) is 0 Å². The largest absolute Gasteiger partial charge is 0.353 e. The number of carbonyl (C=O) groups excluding carboxylic acids is 2. The van der Waals surface area contributed by atoms with Crippen molar-refractivity contribution in [3.8, 4) is 0 Å². The van der Waals surface area contributed by atoms with E-state index in [0.29, 0.717) is 25.0 Å². The summed E-state index contributed by atoms with van der Waals surface area (Å²) in [6.45, 7) is 3.75. The molecule has 2 heterocycles. The first kappa shape index (κ1) is 14.8. The summed E-state index contributed by atoms with van der Waals surface area (Å²) < 4.78 is 0. The van der Waals surface area contributed by atoms with Crippen LogP contribution in [0.5, 0.6) is 0 Å². The lowest BCUT2D eigenvalue weighted by atomic mass is 9.99. The average molecular weight is 293 g/mol. The van der Waals surface area contributed by atoms with Gasteiger partial charge in [-0.15, -0.1) is 0 Å². The van der Waals surface area contributed by atoms with E-state index in [4.69, 9.17) is 0 Å². The van der Waals surface area contributed by atoms with Gasteiger partial charge in [0.05, 0.1) is 5.92 Å². The molecule has 2 saturated heterocycles. The molecule has 2 amide bonds. The van der Waals surface area contributed by atoms with Crippen molar-refractivity contribution < 1.29 is 9.59 Å². The van der Waals surface area contributed by atoms with Gasteiger partial charge in [0, 0.05) is 31.1 Å². The van der Waals surface area contributed by atoms with E-state index < -0.39 is 0 Å². The first-order valence-corrected chi connectivity index (χ1v) is 8.46. The summed E-state index contributed by atoms with van der Waals surface area (Å²) in [5.41, 5.74) is 0. The van der Waals surface area contributed by atoms with Gasteiger partial charge >= 0.3 is 0 Å². The highest BCUT2D eigenvalue weighted by atomic mass is 16.2. The molecule has 2 N–H and O–H groups in total. The number of nitrogens with zero attached hydrogens (tertiary/aromatic N) is 1. The minimum atomic E-state index is -0.136. The molecule has 2 aliphatic heterocycles. The van der Waals surface area contributed by atoms with E-state index >= 15 is 0 Å². The zero-order valence-corrected chi connectivity index (χ0v) is 12.9. The van der Waals surface area contributed by atoms with Gasteiger partial charge in [-0.05, 0) is 39.2 Å². The van der Waals surface area contributed by atoms with Crippen molar-refractivity contribution in [1.29, 1.82) is 0 Å². The molecule has 118 valence electrons. The summed E-state index contributed by atoms with van der Waals surface area (Å²) in [7, 11) is 0. The number of nitrogens with one attached hydrogen (secondary N) is 2. The van der Waals surface area contributed by atoms with Crippen LogP contribution in [0.4, 0.5) is 0 Å². The lowest BCUT2D eigenvalue weighted by Crippen LogP contribution is -2.48. The molecule has 0 radical (unpaired) electrons. The second kappa shape index (κ2) is 6.34. The second-order valence-electron chi connectivity index (χ2n) is 6.97. The molecule has 1 saturated carbocycles. The lowest BCUT2D eigenvalue weighted by molar-refractivity contribution is -0.130. The van der Waals surface area contributed by atoms with E-state index in [9.17, 15) is 9.59 Å². The number of likely N-dealkylation sites (tertiary alicyclic amines) is 1. The van der Waals surface area contributed by atoms with Crippen LogP contribution in [0.2, 0.25) is 0 Å². The zero-order valence-electron chi connectivity index (χ0n) is 12.9. The molecule has 3 unspecified atom stereocenters. The van der Waals surface area contributed by atoms with Gasteiger partial charge in [0.1, 0.15) is 0 Å². The maximum Gasteiger partial charge on any atom is 0.225 e. The van der Waals surface area contributed by atoms with E-state index in [0.717, 1.165) is 32.2 Å². The number of carbonyl (C=O) groups is 2. The van der Waals surface area contributed by atoms with Crippen LogP contribution < -0.4 is 10.6 Å². The normalized spacial score (nSPS) is 34.4. The zero-order chi connectivity index (χ0) is 14.8. The Kier molecular flexibility index (Phi) is 4.48. The Balaban J connectivity index is 1.52. The summed E-state index contributed by atoms with van der Waals surface area (Å²) >= 11 is 0. The number of hydrogen-bond acceptors (Lipinski definition) is 3. The first-order valence-electron chi connectivity index (χ1n) is 8.46. The molecule has 0 bridgehead atoms. The Morgan fingerprint density at radius 3 is 2.76 bits per heavy atom. The number of rotatable bonds is 3. The summed E-state index contributed by atoms with van der Waals surface area (Å²) in [4.78, 5) is 26.5. The van der Waals surface area contributed by atoms with Crippen molar-refractivity contribution in [1.82, 2.24) is 15.5 Å². The van der Waals surface area contributed by atoms with Crippen LogP contribution in [-0.4, -0.2) is 47.9 Å². The van der Waals surface area contributed by atoms with Gasteiger partial charge in [-0.1, -0.05) is 12.8 Å². The van der Waals surface area contributed by atoms with Crippen molar-refractivity contribution in [2.75, 3.05) is 13.1 Å². The van der Waals surface area contributed by atoms with Crippen molar-refractivity contribution in [3.05, 3.63) is 0 Å². The third kappa shape index (κ3) is 3.39. The molecular weight excluding hydrogens is 266 g/mol. The number of piperidine rings is 1. The predicted molar refractivity (Wildman–Crippen MR) is 80.7 cm³/mol. The van der Waals surface area contributed by atoms with Crippen molar-refractivity contribution in [2.45, 2.75) is 70.0 Å². The molecule has 5 heteroatoms. The van der Waals surface area contributed by atoms with Gasteiger partial charge < -0.3 is 15.5 Å². The van der Waals surface area contributed by atoms with Crippen molar-refractivity contribution in [2.24, 2.45) is 5.92 Å². The molecule has 3 atom stereocenters. The quantitative estimate of drug-likeness (QED) is 0.817. The fourth-order valence-electron chi connectivity index (χ4n) is 4.06. The Bertz CT molecular complexity index is 406. The van der Waals surface area contributed by atoms with Crippen LogP contribution in [0.3, 0.4) is 0 Å². The maximum absolute atomic E-state index is 12.4. The molecule has 3 rings (SSSR count). The lowest BCUT2D eigenvalue weighted by Gasteiger charge is -2.29. The average Bonchev–Trinajstić information content (AvgIpc) is 3.07. The standard InChI is InChI=1S/C16H27N3O2/c1-11-8-13(6-7-17-11)18-16(21)12-9-15(20)19(10-12)14-4-2-3-5-14/h11-14,17H,2-10H2,1H3,(H,18,21). The highest BCUT2D eigenvalue weighted by Crippen LogP contribution is 2.29. The monoisotopic (exact) mass is 293 g/mol. The van der Waals surface area contributed by atoms with E-state index in [1.54, 1.807) is 0 Å². The van der Waals surface area contributed by atoms with E-state index in [1.807, 2.05) is 4.90 Å². The fourth-order valence-corrected chi connectivity index (χ4v) is 4.06. The Morgan fingerprint density at radius 2 is 2.05 bits per heavy atom. The van der Waals surface area contributed by atoms with Crippen molar-refractivity contribution >= 4 is 11.8 Å². The molecule has 3 aliphatic rings. The molecule has 1 aliphatic carbocycles. The smallest absolute Gasteiger partial charge is 0.225 e. The SMILES string of the molecule is CC1CC(NC(=O)C2CC(=O)N(C3CCCC3)C2)CCN1. The molecule has 0 aromatic heterocycles. The minimum absolute atomic E-state index is 0.0861. The fraction of sp³-hybridized carbons (Fsp3) is 0.875. The highest BCUT2D eigenvalue weighted by Gasteiger charge is 2.39. The van der Waals surface area contributed by atoms with Gasteiger partial charge in [0.25, 0.3) is 0 Å². The van der Waals surface area contributed by atoms with Crippen LogP contribution in [0.1, 0.15) is 51.9 Å². The van der Waals surface area contributed by atoms with Crippen molar-refractivity contribution in [3.63, 3.8) is 0 Å². The molecule has 0 aromatic rings. The van der Waals surface area contributed by atoms with Gasteiger partial charge in [-0.25, -0.2) is 0 Å². The first-order chi connectivity index (χ1) is 10.1. The van der Waals surface area contributed by atoms with E-state index in [-0.39, 0.29) is 23.8 Å². The van der Waals surface area contributed by atoms with Crippen LogP contribution >= 0.6 is 0 Å². The van der Waals surface area contributed by atoms with Crippen LogP contribution in [0.25, 0.3) is 0 Å².